The van der Waals surface area contributed by atoms with Crippen LogP contribution in [-0.4, -0.2) is 37.9 Å². The van der Waals surface area contributed by atoms with E-state index in [1.165, 1.54) is 35.6 Å². The predicted octanol–water partition coefficient (Wildman–Crippen LogP) is 2.55. The first-order valence-corrected chi connectivity index (χ1v) is 11.2. The van der Waals surface area contributed by atoms with Crippen molar-refractivity contribution in [2.75, 3.05) is 19.0 Å². The van der Waals surface area contributed by atoms with Crippen LogP contribution in [0.3, 0.4) is 0 Å². The Labute approximate surface area is 165 Å². The van der Waals surface area contributed by atoms with Gasteiger partial charge in [0.2, 0.25) is 0 Å². The van der Waals surface area contributed by atoms with E-state index in [1.807, 2.05) is 23.7 Å². The Kier molecular flexibility index (Phi) is 4.72. The molecule has 0 fully saturated rings. The summed E-state index contributed by atoms with van der Waals surface area (Å²) < 4.78 is 37.8. The molecule has 2 heterocycles. The number of sulfone groups is 1. The van der Waals surface area contributed by atoms with Gasteiger partial charge in [0.25, 0.3) is 5.91 Å². The number of nitrogens with zero attached hydrogens (tertiary/aromatic N) is 2. The third-order valence-electron chi connectivity index (χ3n) is 4.51. The van der Waals surface area contributed by atoms with Crippen LogP contribution in [0.25, 0.3) is 10.2 Å². The molecule has 146 valence electrons. The normalized spacial score (nSPS) is 14.4. The number of benzene rings is 2. The van der Waals surface area contributed by atoms with Crippen molar-refractivity contribution >= 4 is 37.3 Å². The number of hydrogen-bond donors (Lipinski definition) is 0. The average molecular weight is 418 g/mol. The van der Waals surface area contributed by atoms with Crippen molar-refractivity contribution in [2.24, 2.45) is 12.0 Å². The molecule has 1 aromatic heterocycles. The van der Waals surface area contributed by atoms with Crippen molar-refractivity contribution in [1.29, 1.82) is 0 Å². The van der Waals surface area contributed by atoms with Crippen molar-refractivity contribution in [1.82, 2.24) is 4.57 Å². The number of rotatable bonds is 3. The molecular formula is C19H18N2O5S2. The molecule has 0 N–H and O–H groups in total. The summed E-state index contributed by atoms with van der Waals surface area (Å²) in [6.07, 6.45) is 0. The van der Waals surface area contributed by atoms with Gasteiger partial charge in [0.05, 0.1) is 20.9 Å². The minimum atomic E-state index is -3.30. The van der Waals surface area contributed by atoms with Crippen molar-refractivity contribution in [3.05, 3.63) is 46.8 Å². The first-order valence-electron chi connectivity index (χ1n) is 8.70. The SMILES string of the molecule is CCS(=O)(=O)c1ccc(C(=O)N=c2sc3cc4c(cc3n2C)OCCO4)cc1. The average Bonchev–Trinajstić information content (AvgIpc) is 3.01. The Hall–Kier alpha value is -2.65. The Balaban J connectivity index is 1.71. The number of aryl methyl sites for hydroxylation is 1. The lowest BCUT2D eigenvalue weighted by Gasteiger charge is -2.18. The van der Waals surface area contributed by atoms with Gasteiger partial charge in [-0.1, -0.05) is 18.3 Å². The summed E-state index contributed by atoms with van der Waals surface area (Å²) in [5, 5.41) is 0. The minimum absolute atomic E-state index is 0.0136. The van der Waals surface area contributed by atoms with E-state index in [-0.39, 0.29) is 10.6 Å². The number of ether oxygens (including phenoxy) is 2. The van der Waals surface area contributed by atoms with Gasteiger partial charge in [-0.15, -0.1) is 0 Å². The van der Waals surface area contributed by atoms with Crippen LogP contribution in [0.1, 0.15) is 17.3 Å². The predicted molar refractivity (Wildman–Crippen MR) is 106 cm³/mol. The summed E-state index contributed by atoms with van der Waals surface area (Å²) in [5.74, 6) is 0.948. The molecule has 0 atom stereocenters. The maximum Gasteiger partial charge on any atom is 0.279 e. The van der Waals surface area contributed by atoms with Crippen molar-refractivity contribution in [2.45, 2.75) is 11.8 Å². The van der Waals surface area contributed by atoms with Crippen LogP contribution in [0, 0.1) is 0 Å². The highest BCUT2D eigenvalue weighted by molar-refractivity contribution is 7.91. The van der Waals surface area contributed by atoms with Crippen molar-refractivity contribution in [3.63, 3.8) is 0 Å². The minimum Gasteiger partial charge on any atom is -0.486 e. The molecule has 1 aliphatic heterocycles. The molecule has 0 aliphatic carbocycles. The highest BCUT2D eigenvalue weighted by Crippen LogP contribution is 2.35. The summed E-state index contributed by atoms with van der Waals surface area (Å²) >= 11 is 1.37. The van der Waals surface area contributed by atoms with Crippen molar-refractivity contribution < 1.29 is 22.7 Å². The van der Waals surface area contributed by atoms with E-state index in [0.717, 1.165) is 10.2 Å². The van der Waals surface area contributed by atoms with E-state index in [2.05, 4.69) is 4.99 Å². The van der Waals surface area contributed by atoms with Crippen molar-refractivity contribution in [3.8, 4) is 11.5 Å². The number of amides is 1. The summed E-state index contributed by atoms with van der Waals surface area (Å²) in [4.78, 5) is 17.5. The van der Waals surface area contributed by atoms with Gasteiger partial charge >= 0.3 is 0 Å². The summed E-state index contributed by atoms with van der Waals surface area (Å²) in [5.41, 5.74) is 1.23. The Bertz CT molecular complexity index is 1240. The molecule has 0 spiro atoms. The second kappa shape index (κ2) is 7.06. The lowest BCUT2D eigenvalue weighted by Crippen LogP contribution is -2.15. The van der Waals surface area contributed by atoms with Gasteiger partial charge < -0.3 is 14.0 Å². The van der Waals surface area contributed by atoms with E-state index < -0.39 is 15.7 Å². The van der Waals surface area contributed by atoms with Gasteiger partial charge in [-0.3, -0.25) is 4.79 Å². The molecule has 0 radical (unpaired) electrons. The molecule has 1 amide bonds. The smallest absolute Gasteiger partial charge is 0.279 e. The van der Waals surface area contributed by atoms with E-state index in [0.29, 0.717) is 35.1 Å². The molecule has 9 heteroatoms. The summed E-state index contributed by atoms with van der Waals surface area (Å²) in [6, 6.07) is 9.63. The summed E-state index contributed by atoms with van der Waals surface area (Å²) in [6.45, 7) is 2.60. The molecule has 28 heavy (non-hydrogen) atoms. The number of hydrogen-bond acceptors (Lipinski definition) is 6. The van der Waals surface area contributed by atoms with Gasteiger partial charge in [0, 0.05) is 24.7 Å². The molecule has 3 aromatic rings. The number of carbonyl (C=O) groups excluding carboxylic acids is 1. The largest absolute Gasteiger partial charge is 0.486 e. The van der Waals surface area contributed by atoms with E-state index in [9.17, 15) is 13.2 Å². The molecule has 0 bridgehead atoms. The maximum absolute atomic E-state index is 12.6. The second-order valence-electron chi connectivity index (χ2n) is 6.25. The highest BCUT2D eigenvalue weighted by atomic mass is 32.2. The molecule has 0 saturated heterocycles. The fourth-order valence-electron chi connectivity index (χ4n) is 2.89. The van der Waals surface area contributed by atoms with Crippen LogP contribution in [0.2, 0.25) is 0 Å². The van der Waals surface area contributed by atoms with Crippen LogP contribution in [0.5, 0.6) is 11.5 Å². The molecule has 7 nitrogen and oxygen atoms in total. The Morgan fingerprint density at radius 2 is 1.79 bits per heavy atom. The first-order chi connectivity index (χ1) is 13.4. The molecule has 0 unspecified atom stereocenters. The second-order valence-corrected chi connectivity index (χ2v) is 9.54. The highest BCUT2D eigenvalue weighted by Gasteiger charge is 2.16. The zero-order valence-corrected chi connectivity index (χ0v) is 17.0. The summed E-state index contributed by atoms with van der Waals surface area (Å²) in [7, 11) is -1.47. The zero-order valence-electron chi connectivity index (χ0n) is 15.3. The van der Waals surface area contributed by atoms with Crippen LogP contribution >= 0.6 is 11.3 Å². The monoisotopic (exact) mass is 418 g/mol. The molecule has 1 aliphatic rings. The number of thiazole rings is 1. The van der Waals surface area contributed by atoms with Gasteiger partial charge in [0.1, 0.15) is 13.2 Å². The van der Waals surface area contributed by atoms with Gasteiger partial charge in [-0.05, 0) is 24.3 Å². The maximum atomic E-state index is 12.6. The fraction of sp³-hybridized carbons (Fsp3) is 0.263. The van der Waals surface area contributed by atoms with Gasteiger partial charge in [-0.2, -0.15) is 4.99 Å². The fourth-order valence-corrected chi connectivity index (χ4v) is 4.80. The van der Waals surface area contributed by atoms with Crippen LogP contribution in [0.4, 0.5) is 0 Å². The Morgan fingerprint density at radius 1 is 1.14 bits per heavy atom. The molecule has 2 aromatic carbocycles. The number of aromatic nitrogens is 1. The molecule has 4 rings (SSSR count). The van der Waals surface area contributed by atoms with E-state index >= 15 is 0 Å². The number of fused-ring (bicyclic) bond motifs is 2. The third-order valence-corrected chi connectivity index (χ3v) is 7.36. The molecular weight excluding hydrogens is 400 g/mol. The van der Waals surface area contributed by atoms with Crippen LogP contribution < -0.4 is 14.3 Å². The van der Waals surface area contributed by atoms with E-state index in [4.69, 9.17) is 9.47 Å². The first kappa shape index (κ1) is 18.7. The van der Waals surface area contributed by atoms with Crippen LogP contribution in [-0.2, 0) is 16.9 Å². The number of carbonyl (C=O) groups is 1. The molecule has 0 saturated carbocycles. The lowest BCUT2D eigenvalue weighted by molar-refractivity contribution is 0.0998. The third kappa shape index (κ3) is 3.31. The van der Waals surface area contributed by atoms with E-state index in [1.54, 1.807) is 6.92 Å². The zero-order chi connectivity index (χ0) is 19.9. The van der Waals surface area contributed by atoms with Gasteiger partial charge in [-0.25, -0.2) is 8.42 Å². The topological polar surface area (TPSA) is 87.0 Å². The lowest BCUT2D eigenvalue weighted by atomic mass is 10.2. The quantitative estimate of drug-likeness (QED) is 0.652. The standard InChI is InChI=1S/C19H18N2O5S2/c1-3-28(23,24)13-6-4-12(5-7-13)18(22)20-19-21(2)14-10-15-16(11-17(14)27-19)26-9-8-25-15/h4-7,10-11H,3,8-9H2,1-2H3. The van der Waals surface area contributed by atoms with Gasteiger partial charge in [0.15, 0.2) is 26.1 Å². The van der Waals surface area contributed by atoms with Crippen LogP contribution in [0.15, 0.2) is 46.3 Å². The Morgan fingerprint density at radius 3 is 2.43 bits per heavy atom.